The highest BCUT2D eigenvalue weighted by atomic mass is 35.5. The molecule has 0 bridgehead atoms. The molecular formula is C15H19ClO4. The molecule has 0 fully saturated rings. The highest BCUT2D eigenvalue weighted by Crippen LogP contribution is 2.37. The maximum atomic E-state index is 10.5. The lowest BCUT2D eigenvalue weighted by Gasteiger charge is -2.14. The van der Waals surface area contributed by atoms with E-state index in [2.05, 4.69) is 13.8 Å². The molecule has 0 aliphatic carbocycles. The summed E-state index contributed by atoms with van der Waals surface area (Å²) in [6, 6.07) is 3.34. The Hall–Kier alpha value is -1.68. The van der Waals surface area contributed by atoms with Gasteiger partial charge in [-0.25, -0.2) is 4.79 Å². The van der Waals surface area contributed by atoms with Crippen molar-refractivity contribution in [3.05, 3.63) is 28.8 Å². The van der Waals surface area contributed by atoms with Crippen LogP contribution in [0.5, 0.6) is 11.5 Å². The van der Waals surface area contributed by atoms with Crippen molar-refractivity contribution in [2.24, 2.45) is 5.92 Å². The van der Waals surface area contributed by atoms with Crippen molar-refractivity contribution >= 4 is 23.6 Å². The minimum absolute atomic E-state index is 0.401. The van der Waals surface area contributed by atoms with Crippen molar-refractivity contribution in [1.82, 2.24) is 0 Å². The van der Waals surface area contributed by atoms with Gasteiger partial charge in [-0.05, 0) is 36.1 Å². The number of hydrogen-bond acceptors (Lipinski definition) is 3. The molecule has 0 unspecified atom stereocenters. The SMILES string of the molecule is COc1cc(/C=C/C(=O)O)cc(Cl)c1OCCC(C)C. The summed E-state index contributed by atoms with van der Waals surface area (Å²) in [5.41, 5.74) is 0.644. The number of aliphatic carboxylic acids is 1. The molecule has 0 aliphatic rings. The van der Waals surface area contributed by atoms with Gasteiger partial charge < -0.3 is 14.6 Å². The van der Waals surface area contributed by atoms with Crippen molar-refractivity contribution in [3.8, 4) is 11.5 Å². The van der Waals surface area contributed by atoms with E-state index in [-0.39, 0.29) is 0 Å². The Kier molecular flexibility index (Phi) is 6.39. The monoisotopic (exact) mass is 298 g/mol. The Labute approximate surface area is 124 Å². The summed E-state index contributed by atoms with van der Waals surface area (Å²) < 4.78 is 10.9. The molecule has 1 N–H and O–H groups in total. The second kappa shape index (κ2) is 7.80. The smallest absolute Gasteiger partial charge is 0.328 e. The van der Waals surface area contributed by atoms with Crippen LogP contribution in [0.4, 0.5) is 0 Å². The molecule has 0 heterocycles. The fourth-order valence-corrected chi connectivity index (χ4v) is 1.81. The van der Waals surface area contributed by atoms with Crippen LogP contribution >= 0.6 is 11.6 Å². The van der Waals surface area contributed by atoms with Gasteiger partial charge in [-0.3, -0.25) is 0 Å². The predicted octanol–water partition coefficient (Wildman–Crippen LogP) is 3.87. The van der Waals surface area contributed by atoms with Gasteiger partial charge in [0.05, 0.1) is 18.7 Å². The van der Waals surface area contributed by atoms with E-state index < -0.39 is 5.97 Å². The van der Waals surface area contributed by atoms with E-state index in [9.17, 15) is 4.79 Å². The summed E-state index contributed by atoms with van der Waals surface area (Å²) in [6.45, 7) is 4.78. The van der Waals surface area contributed by atoms with Gasteiger partial charge in [0.2, 0.25) is 0 Å². The molecule has 1 aromatic carbocycles. The van der Waals surface area contributed by atoms with Crippen molar-refractivity contribution in [2.75, 3.05) is 13.7 Å². The minimum Gasteiger partial charge on any atom is -0.493 e. The van der Waals surface area contributed by atoms with Gasteiger partial charge in [-0.15, -0.1) is 0 Å². The summed E-state index contributed by atoms with van der Waals surface area (Å²) in [5, 5.41) is 9.02. The number of methoxy groups -OCH3 is 1. The van der Waals surface area contributed by atoms with Crippen molar-refractivity contribution < 1.29 is 19.4 Å². The highest BCUT2D eigenvalue weighted by molar-refractivity contribution is 6.32. The first-order valence-electron chi connectivity index (χ1n) is 6.35. The van der Waals surface area contributed by atoms with Crippen LogP contribution in [0.3, 0.4) is 0 Å². The molecule has 0 radical (unpaired) electrons. The molecule has 20 heavy (non-hydrogen) atoms. The average Bonchev–Trinajstić information content (AvgIpc) is 2.37. The van der Waals surface area contributed by atoms with E-state index in [0.29, 0.717) is 34.6 Å². The van der Waals surface area contributed by atoms with Crippen LogP contribution in [0.2, 0.25) is 5.02 Å². The number of carboxylic acid groups (broad SMARTS) is 1. The van der Waals surface area contributed by atoms with Crippen LogP contribution in [0.1, 0.15) is 25.8 Å². The van der Waals surface area contributed by atoms with Gasteiger partial charge in [-0.1, -0.05) is 25.4 Å². The molecule has 110 valence electrons. The third kappa shape index (κ3) is 5.13. The molecule has 5 heteroatoms. The number of benzene rings is 1. The molecule has 4 nitrogen and oxygen atoms in total. The second-order valence-electron chi connectivity index (χ2n) is 4.74. The number of ether oxygens (including phenoxy) is 2. The summed E-state index contributed by atoms with van der Waals surface area (Å²) in [6.07, 6.45) is 3.42. The van der Waals surface area contributed by atoms with Gasteiger partial charge >= 0.3 is 5.97 Å². The molecule has 0 aliphatic heterocycles. The molecule has 0 atom stereocenters. The van der Waals surface area contributed by atoms with Crippen molar-refractivity contribution in [1.29, 1.82) is 0 Å². The van der Waals surface area contributed by atoms with Crippen LogP contribution < -0.4 is 9.47 Å². The summed E-state index contributed by atoms with van der Waals surface area (Å²) >= 11 is 6.16. The van der Waals surface area contributed by atoms with Crippen LogP contribution in [0, 0.1) is 5.92 Å². The first-order valence-corrected chi connectivity index (χ1v) is 6.73. The van der Waals surface area contributed by atoms with E-state index in [1.807, 2.05) is 0 Å². The molecule has 1 aromatic rings. The normalized spacial score (nSPS) is 11.1. The van der Waals surface area contributed by atoms with Crippen LogP contribution in [0.25, 0.3) is 6.08 Å². The van der Waals surface area contributed by atoms with Gasteiger partial charge in [0.15, 0.2) is 11.5 Å². The van der Waals surface area contributed by atoms with Crippen LogP contribution in [-0.2, 0) is 4.79 Å². The number of halogens is 1. The molecule has 0 amide bonds. The summed E-state index contributed by atoms with van der Waals surface area (Å²) in [5.74, 6) is 0.503. The van der Waals surface area contributed by atoms with Gasteiger partial charge in [0.1, 0.15) is 0 Å². The Balaban J connectivity index is 2.93. The predicted molar refractivity (Wildman–Crippen MR) is 79.6 cm³/mol. The maximum absolute atomic E-state index is 10.5. The standard InChI is InChI=1S/C15H19ClO4/c1-10(2)6-7-20-15-12(16)8-11(4-5-14(17)18)9-13(15)19-3/h4-5,8-10H,6-7H2,1-3H3,(H,17,18)/b5-4+. The van der Waals surface area contributed by atoms with E-state index in [4.69, 9.17) is 26.2 Å². The molecule has 1 rings (SSSR count). The lowest BCUT2D eigenvalue weighted by molar-refractivity contribution is -0.131. The molecular weight excluding hydrogens is 280 g/mol. The average molecular weight is 299 g/mol. The number of carbonyl (C=O) groups is 1. The third-order valence-electron chi connectivity index (χ3n) is 2.61. The maximum Gasteiger partial charge on any atom is 0.328 e. The largest absolute Gasteiger partial charge is 0.493 e. The molecule has 0 spiro atoms. The van der Waals surface area contributed by atoms with Crippen molar-refractivity contribution in [2.45, 2.75) is 20.3 Å². The van der Waals surface area contributed by atoms with Crippen LogP contribution in [-0.4, -0.2) is 24.8 Å². The zero-order valence-electron chi connectivity index (χ0n) is 11.9. The lowest BCUT2D eigenvalue weighted by atomic mass is 10.1. The number of hydrogen-bond donors (Lipinski definition) is 1. The van der Waals surface area contributed by atoms with Gasteiger partial charge in [0.25, 0.3) is 0 Å². The van der Waals surface area contributed by atoms with E-state index in [1.54, 1.807) is 12.1 Å². The zero-order chi connectivity index (χ0) is 15.1. The third-order valence-corrected chi connectivity index (χ3v) is 2.89. The molecule has 0 saturated heterocycles. The van der Waals surface area contributed by atoms with Crippen LogP contribution in [0.15, 0.2) is 18.2 Å². The first kappa shape index (κ1) is 16.4. The Bertz CT molecular complexity index is 495. The molecule has 0 saturated carbocycles. The van der Waals surface area contributed by atoms with E-state index in [0.717, 1.165) is 12.5 Å². The van der Waals surface area contributed by atoms with Gasteiger partial charge in [0, 0.05) is 6.08 Å². The summed E-state index contributed by atoms with van der Waals surface area (Å²) in [7, 11) is 1.52. The quantitative estimate of drug-likeness (QED) is 0.776. The second-order valence-corrected chi connectivity index (χ2v) is 5.14. The minimum atomic E-state index is -1.02. The zero-order valence-corrected chi connectivity index (χ0v) is 12.6. The highest BCUT2D eigenvalue weighted by Gasteiger charge is 2.11. The molecule has 0 aromatic heterocycles. The van der Waals surface area contributed by atoms with Crippen molar-refractivity contribution in [3.63, 3.8) is 0 Å². The fraction of sp³-hybridized carbons (Fsp3) is 0.400. The van der Waals surface area contributed by atoms with Gasteiger partial charge in [-0.2, -0.15) is 0 Å². The fourth-order valence-electron chi connectivity index (χ4n) is 1.54. The lowest BCUT2D eigenvalue weighted by Crippen LogP contribution is -2.03. The Morgan fingerprint density at radius 3 is 2.70 bits per heavy atom. The Morgan fingerprint density at radius 1 is 1.45 bits per heavy atom. The first-order chi connectivity index (χ1) is 9.43. The summed E-state index contributed by atoms with van der Waals surface area (Å²) in [4.78, 5) is 10.5. The number of carboxylic acids is 1. The van der Waals surface area contributed by atoms with E-state index in [1.165, 1.54) is 13.2 Å². The topological polar surface area (TPSA) is 55.8 Å². The van der Waals surface area contributed by atoms with E-state index >= 15 is 0 Å². The Morgan fingerprint density at radius 2 is 2.15 bits per heavy atom. The number of rotatable bonds is 7.